The second-order valence-corrected chi connectivity index (χ2v) is 15.2. The SMILES string of the molecule is CS(=O)(=O)c1c(-c2ccccc2)ccc(N2CCCC(C(=O)NC(=O)c3ccccc3)C2=O)c1F.O=S(=O)(O)c1ccc2cc(Cl)ccc2c1. The Kier molecular flexibility index (Phi) is 10.8. The van der Waals surface area contributed by atoms with Crippen LogP contribution in [-0.2, 0) is 29.5 Å². The lowest BCUT2D eigenvalue weighted by Crippen LogP contribution is -2.49. The molecule has 1 atom stereocenters. The molecule has 10 nitrogen and oxygen atoms in total. The van der Waals surface area contributed by atoms with E-state index in [0.29, 0.717) is 17.0 Å². The highest BCUT2D eigenvalue weighted by Crippen LogP contribution is 2.36. The molecule has 0 bridgehead atoms. The zero-order chi connectivity index (χ0) is 36.2. The van der Waals surface area contributed by atoms with Crippen LogP contribution in [-0.4, -0.2) is 51.9 Å². The van der Waals surface area contributed by atoms with E-state index < -0.39 is 54.3 Å². The summed E-state index contributed by atoms with van der Waals surface area (Å²) in [5.41, 5.74) is 0.741. The number of halogens is 2. The Morgan fingerprint density at radius 3 is 2.12 bits per heavy atom. The van der Waals surface area contributed by atoms with Crippen molar-refractivity contribution < 1.29 is 40.2 Å². The molecule has 0 spiro atoms. The number of fused-ring (bicyclic) bond motifs is 1. The van der Waals surface area contributed by atoms with Gasteiger partial charge in [0, 0.05) is 29.0 Å². The Morgan fingerprint density at radius 1 is 0.860 bits per heavy atom. The van der Waals surface area contributed by atoms with Crippen LogP contribution in [0.1, 0.15) is 23.2 Å². The van der Waals surface area contributed by atoms with Crippen molar-refractivity contribution in [2.24, 2.45) is 5.92 Å². The van der Waals surface area contributed by atoms with E-state index in [-0.39, 0.29) is 34.7 Å². The Bertz CT molecular complexity index is 2320. The van der Waals surface area contributed by atoms with E-state index in [1.165, 1.54) is 36.4 Å². The number of amides is 3. The molecule has 1 aliphatic heterocycles. The van der Waals surface area contributed by atoms with Gasteiger partial charge < -0.3 is 4.90 Å². The maximum absolute atomic E-state index is 15.7. The number of hydrogen-bond donors (Lipinski definition) is 2. The van der Waals surface area contributed by atoms with Gasteiger partial charge in [-0.25, -0.2) is 12.8 Å². The first-order valence-electron chi connectivity index (χ1n) is 15.1. The number of benzene rings is 5. The molecule has 0 aliphatic carbocycles. The Labute approximate surface area is 293 Å². The first-order chi connectivity index (χ1) is 23.6. The zero-order valence-electron chi connectivity index (χ0n) is 26.4. The standard InChI is InChI=1S/C26H23FN2O5S.C10H7ClO3S/c1-35(33,34)23-19(17-9-4-2-5-10-17)14-15-21(22(23)27)29-16-8-13-20(26(29)32)25(31)28-24(30)18-11-6-3-7-12-18;11-9-3-1-8-6-10(15(12,13)14)4-2-7(8)5-9/h2-7,9-12,14-15,20H,8,13,16H2,1H3,(H,28,30,31);1-6H,(H,12,13,14). The van der Waals surface area contributed by atoms with Crippen LogP contribution in [0.25, 0.3) is 21.9 Å². The summed E-state index contributed by atoms with van der Waals surface area (Å²) in [7, 11) is -8.14. The number of imide groups is 1. The number of nitrogens with one attached hydrogen (secondary N) is 1. The third-order valence-electron chi connectivity index (χ3n) is 7.92. The van der Waals surface area contributed by atoms with E-state index in [2.05, 4.69) is 5.32 Å². The molecular formula is C36H30ClFN2O8S2. The van der Waals surface area contributed by atoms with E-state index in [0.717, 1.165) is 21.9 Å². The monoisotopic (exact) mass is 736 g/mol. The summed E-state index contributed by atoms with van der Waals surface area (Å²) in [6.45, 7) is 0.111. The second-order valence-electron chi connectivity index (χ2n) is 11.4. The first-order valence-corrected chi connectivity index (χ1v) is 18.8. The largest absolute Gasteiger partial charge is 0.309 e. The van der Waals surface area contributed by atoms with Crippen molar-refractivity contribution >= 4 is 65.7 Å². The molecule has 5 aromatic rings. The number of anilines is 1. The fourth-order valence-corrected chi connectivity index (χ4v) is 7.25. The molecule has 0 aromatic heterocycles. The molecule has 0 saturated carbocycles. The predicted octanol–water partition coefficient (Wildman–Crippen LogP) is 6.34. The molecule has 258 valence electrons. The number of nitrogens with zero attached hydrogens (tertiary/aromatic N) is 1. The van der Waals surface area contributed by atoms with E-state index in [9.17, 15) is 31.2 Å². The van der Waals surface area contributed by atoms with Crippen LogP contribution in [0, 0.1) is 11.7 Å². The molecule has 1 fully saturated rings. The maximum Gasteiger partial charge on any atom is 0.294 e. The normalized spacial score (nSPS) is 14.8. The van der Waals surface area contributed by atoms with Gasteiger partial charge in [0.25, 0.3) is 16.0 Å². The smallest absolute Gasteiger partial charge is 0.294 e. The number of piperidine rings is 1. The molecule has 1 unspecified atom stereocenters. The minimum atomic E-state index is -4.14. The average molecular weight is 737 g/mol. The third kappa shape index (κ3) is 8.25. The fourth-order valence-electron chi connectivity index (χ4n) is 5.54. The molecule has 6 rings (SSSR count). The number of rotatable bonds is 6. The minimum Gasteiger partial charge on any atom is -0.309 e. The van der Waals surface area contributed by atoms with Gasteiger partial charge in [-0.1, -0.05) is 78.3 Å². The van der Waals surface area contributed by atoms with Crippen molar-refractivity contribution in [1.82, 2.24) is 5.32 Å². The van der Waals surface area contributed by atoms with E-state index in [1.807, 2.05) is 0 Å². The van der Waals surface area contributed by atoms with Crippen molar-refractivity contribution in [3.8, 4) is 11.1 Å². The zero-order valence-corrected chi connectivity index (χ0v) is 28.8. The third-order valence-corrected chi connectivity index (χ3v) is 10.1. The van der Waals surface area contributed by atoms with E-state index >= 15 is 4.39 Å². The van der Waals surface area contributed by atoms with Crippen molar-refractivity contribution in [3.05, 3.63) is 126 Å². The summed E-state index contributed by atoms with van der Waals surface area (Å²) in [5, 5.41) is 4.37. The Hall–Kier alpha value is -4.95. The quantitative estimate of drug-likeness (QED) is 0.116. The first kappa shape index (κ1) is 36.3. The van der Waals surface area contributed by atoms with Crippen LogP contribution in [0.15, 0.2) is 119 Å². The highest BCUT2D eigenvalue weighted by molar-refractivity contribution is 7.90. The van der Waals surface area contributed by atoms with Crippen molar-refractivity contribution in [2.75, 3.05) is 17.7 Å². The molecule has 1 heterocycles. The summed E-state index contributed by atoms with van der Waals surface area (Å²) in [5.74, 6) is -4.37. The molecule has 0 radical (unpaired) electrons. The fraction of sp³-hybridized carbons (Fsp3) is 0.139. The summed E-state index contributed by atoms with van der Waals surface area (Å²) < 4.78 is 71.4. The summed E-state index contributed by atoms with van der Waals surface area (Å²) in [4.78, 5) is 38.8. The Morgan fingerprint density at radius 2 is 1.48 bits per heavy atom. The summed E-state index contributed by atoms with van der Waals surface area (Å²) in [6.07, 6.45) is 1.47. The number of carbonyl (C=O) groups excluding carboxylic acids is 3. The number of sulfone groups is 1. The summed E-state index contributed by atoms with van der Waals surface area (Å²) in [6, 6.07) is 28.8. The van der Waals surface area contributed by atoms with Crippen LogP contribution in [0.5, 0.6) is 0 Å². The van der Waals surface area contributed by atoms with Crippen LogP contribution in [0.3, 0.4) is 0 Å². The molecule has 1 saturated heterocycles. The summed E-state index contributed by atoms with van der Waals surface area (Å²) >= 11 is 5.78. The Balaban J connectivity index is 0.000000269. The van der Waals surface area contributed by atoms with Gasteiger partial charge in [-0.2, -0.15) is 8.42 Å². The lowest BCUT2D eigenvalue weighted by Gasteiger charge is -2.32. The predicted molar refractivity (Wildman–Crippen MR) is 188 cm³/mol. The van der Waals surface area contributed by atoms with Crippen LogP contribution < -0.4 is 10.2 Å². The van der Waals surface area contributed by atoms with Gasteiger partial charge in [-0.3, -0.25) is 24.3 Å². The number of hydrogen-bond acceptors (Lipinski definition) is 7. The van der Waals surface area contributed by atoms with Crippen LogP contribution in [0.4, 0.5) is 10.1 Å². The lowest BCUT2D eigenvalue weighted by molar-refractivity contribution is -0.134. The van der Waals surface area contributed by atoms with Gasteiger partial charge in [0.05, 0.1) is 10.6 Å². The molecule has 50 heavy (non-hydrogen) atoms. The van der Waals surface area contributed by atoms with E-state index in [1.54, 1.807) is 72.8 Å². The molecule has 5 aromatic carbocycles. The highest BCUT2D eigenvalue weighted by Gasteiger charge is 2.37. The molecule has 3 amide bonds. The van der Waals surface area contributed by atoms with Gasteiger partial charge in [0.15, 0.2) is 15.7 Å². The molecule has 2 N–H and O–H groups in total. The van der Waals surface area contributed by atoms with Gasteiger partial charge in [-0.05, 0) is 71.6 Å². The van der Waals surface area contributed by atoms with Crippen LogP contribution in [0.2, 0.25) is 5.02 Å². The van der Waals surface area contributed by atoms with Crippen LogP contribution >= 0.6 is 11.6 Å². The van der Waals surface area contributed by atoms with Gasteiger partial charge in [-0.15, -0.1) is 0 Å². The molecule has 1 aliphatic rings. The second kappa shape index (κ2) is 14.9. The highest BCUT2D eigenvalue weighted by atomic mass is 35.5. The van der Waals surface area contributed by atoms with Gasteiger partial charge >= 0.3 is 0 Å². The molecule has 14 heteroatoms. The van der Waals surface area contributed by atoms with Crippen molar-refractivity contribution in [2.45, 2.75) is 22.6 Å². The topological polar surface area (TPSA) is 155 Å². The lowest BCUT2D eigenvalue weighted by atomic mass is 9.95. The van der Waals surface area contributed by atoms with Crippen molar-refractivity contribution in [1.29, 1.82) is 0 Å². The average Bonchev–Trinajstić information content (AvgIpc) is 3.08. The van der Waals surface area contributed by atoms with E-state index in [4.69, 9.17) is 16.2 Å². The van der Waals surface area contributed by atoms with Crippen molar-refractivity contribution in [3.63, 3.8) is 0 Å². The maximum atomic E-state index is 15.7. The minimum absolute atomic E-state index is 0.111. The van der Waals surface area contributed by atoms with Gasteiger partial charge in [0.2, 0.25) is 11.8 Å². The number of carbonyl (C=O) groups is 3. The van der Waals surface area contributed by atoms with Gasteiger partial charge in [0.1, 0.15) is 10.8 Å². The molecular weight excluding hydrogens is 707 g/mol.